The Morgan fingerprint density at radius 1 is 1.11 bits per heavy atom. The SMILES string of the molecule is Cc1nc(N=Nc2c(O)n(C)c3ccccc23)c2c3c(sc2n1)CCCC3. The summed E-state index contributed by atoms with van der Waals surface area (Å²) in [6.07, 6.45) is 4.57. The zero-order valence-corrected chi connectivity index (χ0v) is 16.0. The maximum atomic E-state index is 10.5. The fourth-order valence-corrected chi connectivity index (χ4v) is 5.17. The zero-order valence-electron chi connectivity index (χ0n) is 15.2. The summed E-state index contributed by atoms with van der Waals surface area (Å²) >= 11 is 1.75. The van der Waals surface area contributed by atoms with Gasteiger partial charge in [-0.1, -0.05) is 18.2 Å². The predicted molar refractivity (Wildman–Crippen MR) is 108 cm³/mol. The topological polar surface area (TPSA) is 75.7 Å². The molecule has 0 amide bonds. The van der Waals surface area contributed by atoms with E-state index in [1.165, 1.54) is 23.3 Å². The van der Waals surface area contributed by atoms with Crippen molar-refractivity contribution in [1.29, 1.82) is 0 Å². The van der Waals surface area contributed by atoms with Gasteiger partial charge in [0.1, 0.15) is 10.7 Å². The summed E-state index contributed by atoms with van der Waals surface area (Å²) in [5.41, 5.74) is 2.72. The number of para-hydroxylation sites is 1. The molecule has 0 bridgehead atoms. The van der Waals surface area contributed by atoms with Crippen molar-refractivity contribution in [2.45, 2.75) is 32.6 Å². The predicted octanol–water partition coefficient (Wildman–Crippen LogP) is 5.49. The van der Waals surface area contributed by atoms with Gasteiger partial charge in [-0.15, -0.1) is 21.6 Å². The molecule has 0 fully saturated rings. The number of fused-ring (bicyclic) bond motifs is 4. The van der Waals surface area contributed by atoms with E-state index in [4.69, 9.17) is 0 Å². The molecule has 0 radical (unpaired) electrons. The largest absolute Gasteiger partial charge is 0.493 e. The number of hydrogen-bond donors (Lipinski definition) is 1. The van der Waals surface area contributed by atoms with Crippen LogP contribution in [0.4, 0.5) is 11.5 Å². The fraction of sp³-hybridized carbons (Fsp3) is 0.300. The molecule has 27 heavy (non-hydrogen) atoms. The van der Waals surface area contributed by atoms with Gasteiger partial charge in [0.2, 0.25) is 5.88 Å². The lowest BCUT2D eigenvalue weighted by molar-refractivity contribution is 0.436. The molecule has 1 aromatic carbocycles. The van der Waals surface area contributed by atoms with Crippen LogP contribution in [0.25, 0.3) is 21.1 Å². The number of rotatable bonds is 2. The highest BCUT2D eigenvalue weighted by molar-refractivity contribution is 7.19. The lowest BCUT2D eigenvalue weighted by Gasteiger charge is -2.10. The first kappa shape index (κ1) is 16.4. The van der Waals surface area contributed by atoms with Gasteiger partial charge >= 0.3 is 0 Å². The first-order chi connectivity index (χ1) is 13.1. The second-order valence-electron chi connectivity index (χ2n) is 6.93. The van der Waals surface area contributed by atoms with Crippen LogP contribution in [0, 0.1) is 6.92 Å². The number of azo groups is 1. The van der Waals surface area contributed by atoms with E-state index >= 15 is 0 Å². The van der Waals surface area contributed by atoms with Crippen molar-refractivity contribution in [2.75, 3.05) is 0 Å². The molecular formula is C20H19N5OS. The van der Waals surface area contributed by atoms with Crippen molar-refractivity contribution < 1.29 is 5.11 Å². The number of benzene rings is 1. The van der Waals surface area contributed by atoms with Crippen LogP contribution in [-0.4, -0.2) is 19.6 Å². The Morgan fingerprint density at radius 2 is 1.93 bits per heavy atom. The molecule has 0 saturated heterocycles. The van der Waals surface area contributed by atoms with Crippen LogP contribution in [0.3, 0.4) is 0 Å². The quantitative estimate of drug-likeness (QED) is 0.469. The van der Waals surface area contributed by atoms with E-state index in [1.54, 1.807) is 15.9 Å². The average molecular weight is 377 g/mol. The van der Waals surface area contributed by atoms with Crippen LogP contribution in [-0.2, 0) is 19.9 Å². The van der Waals surface area contributed by atoms with Crippen molar-refractivity contribution >= 4 is 44.0 Å². The fourth-order valence-electron chi connectivity index (χ4n) is 3.87. The van der Waals surface area contributed by atoms with Gasteiger partial charge in [0.25, 0.3) is 0 Å². The first-order valence-corrected chi connectivity index (χ1v) is 9.92. The summed E-state index contributed by atoms with van der Waals surface area (Å²) in [6, 6.07) is 7.77. The van der Waals surface area contributed by atoms with Crippen molar-refractivity contribution in [2.24, 2.45) is 17.3 Å². The van der Waals surface area contributed by atoms with E-state index in [-0.39, 0.29) is 5.88 Å². The van der Waals surface area contributed by atoms with Gasteiger partial charge in [-0.3, -0.25) is 0 Å². The maximum absolute atomic E-state index is 10.5. The highest BCUT2D eigenvalue weighted by atomic mass is 32.1. The Balaban J connectivity index is 1.69. The standard InChI is InChI=1S/C20H19N5OS/c1-11-21-18(16-13-8-4-6-10-15(13)27-19(16)22-11)24-23-17-12-7-3-5-9-14(12)25(2)20(17)26/h3,5,7,9,26H,4,6,8,10H2,1-2H3. The molecule has 3 aromatic heterocycles. The number of nitrogens with zero attached hydrogens (tertiary/aromatic N) is 5. The Hall–Kier alpha value is -2.80. The molecule has 6 nitrogen and oxygen atoms in total. The third-order valence-electron chi connectivity index (χ3n) is 5.20. The summed E-state index contributed by atoms with van der Waals surface area (Å²) in [5, 5.41) is 21.3. The smallest absolute Gasteiger partial charge is 0.220 e. The molecule has 1 N–H and O–H groups in total. The Bertz CT molecular complexity index is 1220. The van der Waals surface area contributed by atoms with Gasteiger partial charge in [0, 0.05) is 17.3 Å². The van der Waals surface area contributed by atoms with Crippen LogP contribution < -0.4 is 0 Å². The summed E-state index contributed by atoms with van der Waals surface area (Å²) in [6.45, 7) is 1.88. The molecule has 136 valence electrons. The van der Waals surface area contributed by atoms with Crippen LogP contribution in [0.1, 0.15) is 29.1 Å². The molecule has 1 aliphatic carbocycles. The third-order valence-corrected chi connectivity index (χ3v) is 6.39. The number of aryl methyl sites for hydroxylation is 4. The van der Waals surface area contributed by atoms with E-state index in [0.717, 1.165) is 34.0 Å². The van der Waals surface area contributed by atoms with Gasteiger partial charge < -0.3 is 9.67 Å². The second kappa shape index (κ2) is 6.13. The molecular weight excluding hydrogens is 358 g/mol. The summed E-state index contributed by atoms with van der Waals surface area (Å²) in [4.78, 5) is 11.6. The van der Waals surface area contributed by atoms with Gasteiger partial charge in [0.15, 0.2) is 11.5 Å². The van der Waals surface area contributed by atoms with Crippen LogP contribution >= 0.6 is 11.3 Å². The van der Waals surface area contributed by atoms with E-state index in [1.807, 2.05) is 38.2 Å². The molecule has 0 atom stereocenters. The molecule has 0 aliphatic heterocycles. The van der Waals surface area contributed by atoms with Crippen molar-refractivity contribution in [3.63, 3.8) is 0 Å². The minimum Gasteiger partial charge on any atom is -0.493 e. The molecule has 4 aromatic rings. The van der Waals surface area contributed by atoms with Crippen LogP contribution in [0.2, 0.25) is 0 Å². The van der Waals surface area contributed by atoms with E-state index in [0.29, 0.717) is 17.3 Å². The van der Waals surface area contributed by atoms with Crippen molar-refractivity contribution in [3.05, 3.63) is 40.5 Å². The second-order valence-corrected chi connectivity index (χ2v) is 8.02. The van der Waals surface area contributed by atoms with E-state index < -0.39 is 0 Å². The third kappa shape index (κ3) is 2.53. The highest BCUT2D eigenvalue weighted by Crippen LogP contribution is 2.42. The lowest BCUT2D eigenvalue weighted by atomic mass is 9.97. The van der Waals surface area contributed by atoms with E-state index in [2.05, 4.69) is 20.2 Å². The Kier molecular flexibility index (Phi) is 3.72. The number of thiophene rings is 1. The molecule has 0 spiro atoms. The summed E-state index contributed by atoms with van der Waals surface area (Å²) in [5.74, 6) is 1.40. The van der Waals surface area contributed by atoms with Gasteiger partial charge in [-0.25, -0.2) is 9.97 Å². The van der Waals surface area contributed by atoms with Crippen LogP contribution in [0.5, 0.6) is 5.88 Å². The number of aromatic hydroxyl groups is 1. The Morgan fingerprint density at radius 3 is 2.81 bits per heavy atom. The minimum atomic E-state index is 0.106. The summed E-state index contributed by atoms with van der Waals surface area (Å²) < 4.78 is 1.72. The van der Waals surface area contributed by atoms with E-state index in [9.17, 15) is 5.11 Å². The summed E-state index contributed by atoms with van der Waals surface area (Å²) in [7, 11) is 1.82. The van der Waals surface area contributed by atoms with Gasteiger partial charge in [0.05, 0.1) is 10.9 Å². The number of hydrogen-bond acceptors (Lipinski definition) is 6. The normalized spacial score (nSPS) is 14.4. The zero-order chi connectivity index (χ0) is 18.5. The minimum absolute atomic E-state index is 0.106. The lowest BCUT2D eigenvalue weighted by Crippen LogP contribution is -1.98. The highest BCUT2D eigenvalue weighted by Gasteiger charge is 2.21. The molecule has 0 unspecified atom stereocenters. The molecule has 5 rings (SSSR count). The van der Waals surface area contributed by atoms with Gasteiger partial charge in [-0.2, -0.15) is 0 Å². The average Bonchev–Trinajstić information content (AvgIpc) is 3.16. The number of aromatic nitrogens is 3. The maximum Gasteiger partial charge on any atom is 0.220 e. The van der Waals surface area contributed by atoms with Crippen molar-refractivity contribution in [3.8, 4) is 5.88 Å². The monoisotopic (exact) mass is 377 g/mol. The molecule has 3 heterocycles. The molecule has 1 aliphatic rings. The molecule has 7 heteroatoms. The van der Waals surface area contributed by atoms with Crippen molar-refractivity contribution in [1.82, 2.24) is 14.5 Å². The van der Waals surface area contributed by atoms with Gasteiger partial charge in [-0.05, 0) is 44.2 Å². The Labute approximate surface area is 160 Å². The first-order valence-electron chi connectivity index (χ1n) is 9.10. The molecule has 0 saturated carbocycles. The van der Waals surface area contributed by atoms with Crippen LogP contribution in [0.15, 0.2) is 34.5 Å².